The average molecular weight is 343 g/mol. The summed E-state index contributed by atoms with van der Waals surface area (Å²) in [7, 11) is 1.75. The predicted molar refractivity (Wildman–Crippen MR) is 81.0 cm³/mol. The van der Waals surface area contributed by atoms with E-state index in [4.69, 9.17) is 5.73 Å². The fraction of sp³-hybridized carbons (Fsp3) is 0.533. The van der Waals surface area contributed by atoms with E-state index < -0.39 is 5.82 Å². The largest absolute Gasteiger partial charge is 0.338 e. The van der Waals surface area contributed by atoms with Crippen LogP contribution in [0.3, 0.4) is 0 Å². The molecule has 0 aromatic heterocycles. The maximum absolute atomic E-state index is 14.0. The fourth-order valence-corrected chi connectivity index (χ4v) is 3.35. The molecule has 0 spiro atoms. The molecule has 0 radical (unpaired) electrons. The van der Waals surface area contributed by atoms with E-state index in [1.807, 2.05) is 0 Å². The van der Waals surface area contributed by atoms with E-state index in [0.29, 0.717) is 16.9 Å². The minimum absolute atomic E-state index is 0.111. The summed E-state index contributed by atoms with van der Waals surface area (Å²) in [6, 6.07) is 4.91. The highest BCUT2D eigenvalue weighted by molar-refractivity contribution is 9.10. The number of hydrogen-bond acceptors (Lipinski definition) is 2. The maximum Gasteiger partial charge on any atom is 0.256 e. The molecule has 0 heterocycles. The second-order valence-electron chi connectivity index (χ2n) is 5.37. The van der Waals surface area contributed by atoms with E-state index in [1.165, 1.54) is 6.07 Å². The third kappa shape index (κ3) is 3.04. The van der Waals surface area contributed by atoms with Crippen molar-refractivity contribution in [1.82, 2.24) is 4.90 Å². The van der Waals surface area contributed by atoms with Gasteiger partial charge in [0.15, 0.2) is 0 Å². The molecule has 1 aliphatic rings. The van der Waals surface area contributed by atoms with Gasteiger partial charge < -0.3 is 10.6 Å². The van der Waals surface area contributed by atoms with Crippen molar-refractivity contribution in [3.05, 3.63) is 34.1 Å². The van der Waals surface area contributed by atoms with Crippen molar-refractivity contribution in [2.24, 2.45) is 11.7 Å². The Labute approximate surface area is 127 Å². The zero-order chi connectivity index (χ0) is 14.7. The molecule has 1 fully saturated rings. The number of hydrogen-bond donors (Lipinski definition) is 1. The smallest absolute Gasteiger partial charge is 0.256 e. The van der Waals surface area contributed by atoms with Crippen molar-refractivity contribution < 1.29 is 9.18 Å². The van der Waals surface area contributed by atoms with E-state index in [9.17, 15) is 9.18 Å². The summed E-state index contributed by atoms with van der Waals surface area (Å²) in [6.45, 7) is 0.573. The molecule has 0 bridgehead atoms. The van der Waals surface area contributed by atoms with Gasteiger partial charge in [0.25, 0.3) is 5.91 Å². The maximum atomic E-state index is 14.0. The molecule has 110 valence electrons. The normalized spacial score (nSPS) is 22.6. The van der Waals surface area contributed by atoms with Crippen molar-refractivity contribution in [2.45, 2.75) is 31.7 Å². The molecule has 2 unspecified atom stereocenters. The van der Waals surface area contributed by atoms with Gasteiger partial charge >= 0.3 is 0 Å². The molecule has 2 rings (SSSR count). The van der Waals surface area contributed by atoms with Crippen LogP contribution < -0.4 is 5.73 Å². The Morgan fingerprint density at radius 3 is 2.85 bits per heavy atom. The molecular weight excluding hydrogens is 323 g/mol. The Morgan fingerprint density at radius 1 is 1.45 bits per heavy atom. The second kappa shape index (κ2) is 6.68. The Balaban J connectivity index is 2.21. The van der Waals surface area contributed by atoms with Gasteiger partial charge in [-0.25, -0.2) is 4.39 Å². The summed E-state index contributed by atoms with van der Waals surface area (Å²) < 4.78 is 14.4. The van der Waals surface area contributed by atoms with Crippen molar-refractivity contribution in [3.8, 4) is 0 Å². The van der Waals surface area contributed by atoms with Gasteiger partial charge in [0.05, 0.1) is 10.0 Å². The standard InChI is InChI=1S/C15H20BrFN2O/c1-19(13-8-3-2-5-10(13)9-18)15(20)11-6-4-7-12(16)14(11)17/h4,6-7,10,13H,2-3,5,8-9,18H2,1H3. The van der Waals surface area contributed by atoms with Gasteiger partial charge in [-0.3, -0.25) is 4.79 Å². The van der Waals surface area contributed by atoms with Crippen molar-refractivity contribution in [2.75, 3.05) is 13.6 Å². The molecule has 1 aromatic carbocycles. The minimum atomic E-state index is -0.496. The first-order chi connectivity index (χ1) is 9.56. The molecule has 1 saturated carbocycles. The topological polar surface area (TPSA) is 46.3 Å². The van der Waals surface area contributed by atoms with Crippen LogP contribution in [0.4, 0.5) is 4.39 Å². The molecule has 0 saturated heterocycles. The zero-order valence-corrected chi connectivity index (χ0v) is 13.2. The first-order valence-corrected chi connectivity index (χ1v) is 7.76. The Hall–Kier alpha value is -0.940. The quantitative estimate of drug-likeness (QED) is 0.916. The zero-order valence-electron chi connectivity index (χ0n) is 11.6. The van der Waals surface area contributed by atoms with Gasteiger partial charge in [0, 0.05) is 13.1 Å². The Bertz CT molecular complexity index is 495. The molecule has 2 N–H and O–H groups in total. The summed E-state index contributed by atoms with van der Waals surface area (Å²) in [4.78, 5) is 14.2. The van der Waals surface area contributed by atoms with Gasteiger partial charge in [-0.15, -0.1) is 0 Å². The molecule has 1 aliphatic carbocycles. The van der Waals surface area contributed by atoms with Gasteiger partial charge in [-0.1, -0.05) is 18.9 Å². The van der Waals surface area contributed by atoms with Crippen LogP contribution in [0, 0.1) is 11.7 Å². The van der Waals surface area contributed by atoms with E-state index in [1.54, 1.807) is 24.1 Å². The predicted octanol–water partition coefficient (Wildman–Crippen LogP) is 3.18. The number of amides is 1. The molecular formula is C15H20BrFN2O. The second-order valence-corrected chi connectivity index (χ2v) is 6.22. The SMILES string of the molecule is CN(C(=O)c1cccc(Br)c1F)C1CCCCC1CN. The van der Waals surface area contributed by atoms with Gasteiger partial charge in [0.1, 0.15) is 5.82 Å². The summed E-state index contributed by atoms with van der Waals surface area (Å²) >= 11 is 3.12. The number of halogens is 2. The van der Waals surface area contributed by atoms with Gasteiger partial charge in [-0.05, 0) is 53.4 Å². The number of nitrogens with zero attached hydrogens (tertiary/aromatic N) is 1. The number of rotatable bonds is 3. The summed E-state index contributed by atoms with van der Waals surface area (Å²) in [6.07, 6.45) is 4.24. The summed E-state index contributed by atoms with van der Waals surface area (Å²) in [5, 5.41) is 0. The van der Waals surface area contributed by atoms with Crippen LogP contribution in [-0.2, 0) is 0 Å². The number of carbonyl (C=O) groups is 1. The lowest BCUT2D eigenvalue weighted by Crippen LogP contribution is -2.46. The summed E-state index contributed by atoms with van der Waals surface area (Å²) in [5.41, 5.74) is 5.92. The van der Waals surface area contributed by atoms with E-state index >= 15 is 0 Å². The molecule has 20 heavy (non-hydrogen) atoms. The van der Waals surface area contributed by atoms with Crippen molar-refractivity contribution in [3.63, 3.8) is 0 Å². The highest BCUT2D eigenvalue weighted by Crippen LogP contribution is 2.29. The summed E-state index contributed by atoms with van der Waals surface area (Å²) in [5.74, 6) is -0.452. The van der Waals surface area contributed by atoms with Crippen LogP contribution in [0.1, 0.15) is 36.0 Å². The monoisotopic (exact) mass is 342 g/mol. The van der Waals surface area contributed by atoms with Gasteiger partial charge in [0.2, 0.25) is 0 Å². The molecule has 3 nitrogen and oxygen atoms in total. The number of benzene rings is 1. The van der Waals surface area contributed by atoms with E-state index in [-0.39, 0.29) is 17.5 Å². The number of carbonyl (C=O) groups excluding carboxylic acids is 1. The lowest BCUT2D eigenvalue weighted by molar-refractivity contribution is 0.0615. The van der Waals surface area contributed by atoms with Crippen LogP contribution in [0.15, 0.2) is 22.7 Å². The molecule has 0 aliphatic heterocycles. The minimum Gasteiger partial charge on any atom is -0.338 e. The van der Waals surface area contributed by atoms with Crippen molar-refractivity contribution >= 4 is 21.8 Å². The Morgan fingerprint density at radius 2 is 2.15 bits per heavy atom. The van der Waals surface area contributed by atoms with E-state index in [0.717, 1.165) is 25.7 Å². The first-order valence-electron chi connectivity index (χ1n) is 6.97. The molecule has 1 amide bonds. The third-order valence-corrected chi connectivity index (χ3v) is 4.78. The van der Waals surface area contributed by atoms with Crippen molar-refractivity contribution in [1.29, 1.82) is 0 Å². The van der Waals surface area contributed by atoms with Crippen LogP contribution in [-0.4, -0.2) is 30.4 Å². The lowest BCUT2D eigenvalue weighted by atomic mass is 9.83. The third-order valence-electron chi connectivity index (χ3n) is 4.17. The van der Waals surface area contributed by atoms with E-state index in [2.05, 4.69) is 15.9 Å². The highest BCUT2D eigenvalue weighted by Gasteiger charge is 2.31. The molecule has 2 atom stereocenters. The Kier molecular flexibility index (Phi) is 5.16. The van der Waals surface area contributed by atoms with Crippen LogP contribution >= 0.6 is 15.9 Å². The fourth-order valence-electron chi connectivity index (χ4n) is 2.98. The first kappa shape index (κ1) is 15.4. The van der Waals surface area contributed by atoms with Gasteiger partial charge in [-0.2, -0.15) is 0 Å². The highest BCUT2D eigenvalue weighted by atomic mass is 79.9. The average Bonchev–Trinajstić information content (AvgIpc) is 2.48. The molecule has 1 aromatic rings. The van der Waals surface area contributed by atoms with Crippen LogP contribution in [0.5, 0.6) is 0 Å². The molecule has 5 heteroatoms. The van der Waals surface area contributed by atoms with Crippen LogP contribution in [0.2, 0.25) is 0 Å². The lowest BCUT2D eigenvalue weighted by Gasteiger charge is -2.37. The number of nitrogens with two attached hydrogens (primary N) is 1. The van der Waals surface area contributed by atoms with Crippen LogP contribution in [0.25, 0.3) is 0 Å².